The molecule has 0 unspecified atom stereocenters. The van der Waals surface area contributed by atoms with E-state index in [-0.39, 0.29) is 12.1 Å². The minimum Gasteiger partial charge on any atom is -0.481 e. The van der Waals surface area contributed by atoms with Crippen molar-refractivity contribution in [3.63, 3.8) is 0 Å². The van der Waals surface area contributed by atoms with Crippen LogP contribution in [0.25, 0.3) is 5.69 Å². The normalized spacial score (nSPS) is 11.7. The van der Waals surface area contributed by atoms with Crippen LogP contribution in [0.2, 0.25) is 0 Å². The number of carbonyl (C=O) groups is 2. The molecule has 8 heteroatoms. The van der Waals surface area contributed by atoms with Gasteiger partial charge in [0, 0.05) is 12.3 Å². The molecule has 0 fully saturated rings. The molecule has 1 amide bonds. The summed E-state index contributed by atoms with van der Waals surface area (Å²) in [6.45, 7) is 1.84. The molecular weight excluding hydrogens is 348 g/mol. The van der Waals surface area contributed by atoms with E-state index in [1.54, 1.807) is 30.5 Å². The van der Waals surface area contributed by atoms with Crippen molar-refractivity contribution < 1.29 is 14.7 Å². The predicted octanol–water partition coefficient (Wildman–Crippen LogP) is 1.81. The standard InChI is InChI=1S/C19H18N4O4/c1-12-5-2-3-7-14(12)15(10-18(25)26)21-19(27)16-9-17(24)23(22-16)13-6-4-8-20-11-13/h2-9,11,15,22H,10H2,1H3,(H,21,27)(H,25,26)/t15-/m0/s1. The fourth-order valence-electron chi connectivity index (χ4n) is 2.82. The first-order valence-corrected chi connectivity index (χ1v) is 8.26. The zero-order chi connectivity index (χ0) is 19.4. The summed E-state index contributed by atoms with van der Waals surface area (Å²) in [5, 5.41) is 14.6. The lowest BCUT2D eigenvalue weighted by atomic mass is 9.98. The third kappa shape index (κ3) is 4.12. The zero-order valence-electron chi connectivity index (χ0n) is 14.5. The molecule has 1 aromatic carbocycles. The number of aliphatic carboxylic acids is 1. The number of nitrogens with zero attached hydrogens (tertiary/aromatic N) is 2. The van der Waals surface area contributed by atoms with E-state index in [9.17, 15) is 19.5 Å². The highest BCUT2D eigenvalue weighted by molar-refractivity contribution is 5.92. The number of aromatic amines is 1. The summed E-state index contributed by atoms with van der Waals surface area (Å²) in [6.07, 6.45) is 2.79. The van der Waals surface area contributed by atoms with Crippen molar-refractivity contribution >= 4 is 11.9 Å². The Morgan fingerprint density at radius 3 is 2.70 bits per heavy atom. The molecule has 1 atom stereocenters. The van der Waals surface area contributed by atoms with E-state index in [4.69, 9.17) is 0 Å². The van der Waals surface area contributed by atoms with Crippen molar-refractivity contribution in [2.45, 2.75) is 19.4 Å². The van der Waals surface area contributed by atoms with Crippen LogP contribution in [0.1, 0.15) is 34.1 Å². The van der Waals surface area contributed by atoms with Gasteiger partial charge in [-0.2, -0.15) is 0 Å². The first-order chi connectivity index (χ1) is 13.0. The van der Waals surface area contributed by atoms with Crippen LogP contribution in [0.15, 0.2) is 59.7 Å². The molecule has 3 aromatic rings. The Kier molecular flexibility index (Phi) is 5.16. The molecule has 2 heterocycles. The Bertz CT molecular complexity index is 1020. The number of hydrogen-bond donors (Lipinski definition) is 3. The van der Waals surface area contributed by atoms with Crippen LogP contribution in [-0.4, -0.2) is 31.7 Å². The summed E-state index contributed by atoms with van der Waals surface area (Å²) >= 11 is 0. The van der Waals surface area contributed by atoms with Crippen LogP contribution < -0.4 is 10.9 Å². The summed E-state index contributed by atoms with van der Waals surface area (Å²) in [5.41, 5.74) is 1.68. The molecular formula is C19H18N4O4. The van der Waals surface area contributed by atoms with Gasteiger partial charge in [0.05, 0.1) is 24.3 Å². The number of hydrogen-bond acceptors (Lipinski definition) is 4. The van der Waals surface area contributed by atoms with Crippen LogP contribution >= 0.6 is 0 Å². The van der Waals surface area contributed by atoms with Crippen molar-refractivity contribution in [1.29, 1.82) is 0 Å². The minimum absolute atomic E-state index is 0.0350. The Morgan fingerprint density at radius 2 is 2.04 bits per heavy atom. The van der Waals surface area contributed by atoms with E-state index in [1.807, 2.05) is 19.1 Å². The van der Waals surface area contributed by atoms with Crippen molar-refractivity contribution in [2.75, 3.05) is 0 Å². The molecule has 0 saturated carbocycles. The monoisotopic (exact) mass is 366 g/mol. The Hall–Kier alpha value is -3.68. The van der Waals surface area contributed by atoms with E-state index >= 15 is 0 Å². The topological polar surface area (TPSA) is 117 Å². The first-order valence-electron chi connectivity index (χ1n) is 8.26. The molecule has 138 valence electrons. The van der Waals surface area contributed by atoms with Crippen molar-refractivity contribution in [3.05, 3.63) is 82.0 Å². The van der Waals surface area contributed by atoms with Gasteiger partial charge in [-0.05, 0) is 30.2 Å². The molecule has 0 aliphatic heterocycles. The van der Waals surface area contributed by atoms with Gasteiger partial charge in [-0.3, -0.25) is 24.5 Å². The van der Waals surface area contributed by atoms with Crippen LogP contribution in [0.3, 0.4) is 0 Å². The number of pyridine rings is 1. The summed E-state index contributed by atoms with van der Waals surface area (Å²) in [5.74, 6) is -1.60. The molecule has 0 radical (unpaired) electrons. The van der Waals surface area contributed by atoms with Crippen molar-refractivity contribution in [1.82, 2.24) is 20.1 Å². The third-order valence-corrected chi connectivity index (χ3v) is 4.12. The van der Waals surface area contributed by atoms with Gasteiger partial charge in [-0.15, -0.1) is 0 Å². The summed E-state index contributed by atoms with van der Waals surface area (Å²) in [4.78, 5) is 40.0. The van der Waals surface area contributed by atoms with E-state index in [2.05, 4.69) is 15.4 Å². The number of H-pyrrole nitrogens is 1. The lowest BCUT2D eigenvalue weighted by Gasteiger charge is -2.19. The number of carbonyl (C=O) groups excluding carboxylic acids is 1. The molecule has 0 spiro atoms. The van der Waals surface area contributed by atoms with Crippen LogP contribution in [-0.2, 0) is 4.79 Å². The summed E-state index contributed by atoms with van der Waals surface area (Å²) < 4.78 is 1.20. The van der Waals surface area contributed by atoms with Crippen molar-refractivity contribution in [2.24, 2.45) is 0 Å². The van der Waals surface area contributed by atoms with E-state index in [1.165, 1.54) is 10.9 Å². The van der Waals surface area contributed by atoms with E-state index < -0.39 is 23.5 Å². The number of carboxylic acid groups (broad SMARTS) is 1. The molecule has 0 bridgehead atoms. The van der Waals surface area contributed by atoms with Gasteiger partial charge in [0.25, 0.3) is 11.5 Å². The number of carboxylic acids is 1. The number of aryl methyl sites for hydroxylation is 1. The molecule has 27 heavy (non-hydrogen) atoms. The number of aromatic nitrogens is 3. The minimum atomic E-state index is -1.04. The Labute approximate surface area is 154 Å². The molecule has 0 aliphatic carbocycles. The Morgan fingerprint density at radius 1 is 1.26 bits per heavy atom. The fourth-order valence-corrected chi connectivity index (χ4v) is 2.82. The van der Waals surface area contributed by atoms with Gasteiger partial charge in [0.1, 0.15) is 5.69 Å². The van der Waals surface area contributed by atoms with Gasteiger partial charge in [-0.25, -0.2) is 4.68 Å². The first kappa shape index (κ1) is 18.1. The molecule has 2 aromatic heterocycles. The molecule has 0 aliphatic rings. The van der Waals surface area contributed by atoms with Gasteiger partial charge in [-0.1, -0.05) is 24.3 Å². The molecule has 3 rings (SSSR count). The number of rotatable bonds is 6. The van der Waals surface area contributed by atoms with Crippen LogP contribution in [0.5, 0.6) is 0 Å². The quantitative estimate of drug-likeness (QED) is 0.615. The van der Waals surface area contributed by atoms with Gasteiger partial charge in [0.15, 0.2) is 0 Å². The maximum absolute atomic E-state index is 12.6. The van der Waals surface area contributed by atoms with E-state index in [0.29, 0.717) is 11.3 Å². The van der Waals surface area contributed by atoms with Gasteiger partial charge >= 0.3 is 5.97 Å². The average molecular weight is 366 g/mol. The van der Waals surface area contributed by atoms with E-state index in [0.717, 1.165) is 11.6 Å². The number of benzene rings is 1. The SMILES string of the molecule is Cc1ccccc1[C@H](CC(=O)O)NC(=O)c1cc(=O)n(-c2cccnc2)[nH]1. The van der Waals surface area contributed by atoms with Gasteiger partial charge in [0.2, 0.25) is 0 Å². The average Bonchev–Trinajstić information content (AvgIpc) is 3.04. The number of amides is 1. The fraction of sp³-hybridized carbons (Fsp3) is 0.158. The molecule has 8 nitrogen and oxygen atoms in total. The zero-order valence-corrected chi connectivity index (χ0v) is 14.5. The second kappa shape index (κ2) is 7.69. The van der Waals surface area contributed by atoms with Crippen LogP contribution in [0, 0.1) is 6.92 Å². The lowest BCUT2D eigenvalue weighted by Crippen LogP contribution is -2.31. The highest BCUT2D eigenvalue weighted by atomic mass is 16.4. The largest absolute Gasteiger partial charge is 0.481 e. The highest BCUT2D eigenvalue weighted by Crippen LogP contribution is 2.21. The maximum atomic E-state index is 12.6. The molecule has 3 N–H and O–H groups in total. The van der Waals surface area contributed by atoms with Crippen LogP contribution in [0.4, 0.5) is 0 Å². The number of nitrogens with one attached hydrogen (secondary N) is 2. The smallest absolute Gasteiger partial charge is 0.305 e. The maximum Gasteiger partial charge on any atom is 0.305 e. The van der Waals surface area contributed by atoms with Gasteiger partial charge < -0.3 is 10.4 Å². The summed E-state index contributed by atoms with van der Waals surface area (Å²) in [7, 11) is 0. The van der Waals surface area contributed by atoms with Crippen molar-refractivity contribution in [3.8, 4) is 5.69 Å². The third-order valence-electron chi connectivity index (χ3n) is 4.12. The molecule has 0 saturated heterocycles. The summed E-state index contributed by atoms with van der Waals surface area (Å²) in [6, 6.07) is 11.0. The lowest BCUT2D eigenvalue weighted by molar-refractivity contribution is -0.137. The highest BCUT2D eigenvalue weighted by Gasteiger charge is 2.22. The second-order valence-corrected chi connectivity index (χ2v) is 6.04. The predicted molar refractivity (Wildman–Crippen MR) is 97.8 cm³/mol. The second-order valence-electron chi connectivity index (χ2n) is 6.04. The Balaban J connectivity index is 1.87.